The summed E-state index contributed by atoms with van der Waals surface area (Å²) in [5.41, 5.74) is 0.927. The molecule has 7 nitrogen and oxygen atoms in total. The summed E-state index contributed by atoms with van der Waals surface area (Å²) in [5.74, 6) is -0.392. The van der Waals surface area contributed by atoms with E-state index in [1.807, 2.05) is 44.2 Å². The molecule has 4 rings (SSSR count). The third-order valence-electron chi connectivity index (χ3n) is 6.71. The molecule has 3 aliphatic heterocycles. The summed E-state index contributed by atoms with van der Waals surface area (Å²) in [5, 5.41) is 0. The Morgan fingerprint density at radius 1 is 1.24 bits per heavy atom. The normalized spacial score (nSPS) is 29.1. The highest BCUT2D eigenvalue weighted by atomic mass is 16.6. The molecular formula is C22H28N2O5. The van der Waals surface area contributed by atoms with Crippen LogP contribution in [0, 0.1) is 11.8 Å². The summed E-state index contributed by atoms with van der Waals surface area (Å²) in [7, 11) is 0. The van der Waals surface area contributed by atoms with Gasteiger partial charge in [0.05, 0.1) is 12.0 Å². The van der Waals surface area contributed by atoms with Crippen LogP contribution >= 0.6 is 0 Å². The van der Waals surface area contributed by atoms with Gasteiger partial charge in [0.25, 0.3) is 0 Å². The number of amides is 3. The van der Waals surface area contributed by atoms with E-state index >= 15 is 0 Å². The zero-order valence-electron chi connectivity index (χ0n) is 17.0. The van der Waals surface area contributed by atoms with E-state index in [0.29, 0.717) is 6.42 Å². The Morgan fingerprint density at radius 3 is 2.72 bits per heavy atom. The lowest BCUT2D eigenvalue weighted by Gasteiger charge is -2.29. The largest absolute Gasteiger partial charge is 0.447 e. The third-order valence-corrected chi connectivity index (χ3v) is 6.71. The van der Waals surface area contributed by atoms with Crippen LogP contribution in [0.4, 0.5) is 9.59 Å². The van der Waals surface area contributed by atoms with Crippen molar-refractivity contribution in [3.05, 3.63) is 35.9 Å². The minimum atomic E-state index is -0.554. The second kappa shape index (κ2) is 8.05. The fourth-order valence-electron chi connectivity index (χ4n) is 4.89. The van der Waals surface area contributed by atoms with Gasteiger partial charge < -0.3 is 14.4 Å². The van der Waals surface area contributed by atoms with Crippen LogP contribution in [0.25, 0.3) is 0 Å². The number of cyclic esters (lactones) is 1. The average molecular weight is 400 g/mol. The Balaban J connectivity index is 1.43. The minimum absolute atomic E-state index is 0.00195. The molecule has 0 radical (unpaired) electrons. The molecule has 5 atom stereocenters. The van der Waals surface area contributed by atoms with Crippen molar-refractivity contribution < 1.29 is 23.9 Å². The average Bonchev–Trinajstić information content (AvgIpc) is 3.44. The van der Waals surface area contributed by atoms with Gasteiger partial charge in [0, 0.05) is 12.1 Å². The number of ether oxygens (including phenoxy) is 2. The fraction of sp³-hybridized carbons (Fsp3) is 0.591. The molecule has 0 saturated carbocycles. The highest BCUT2D eigenvalue weighted by Gasteiger charge is 2.55. The molecular weight excluding hydrogens is 372 g/mol. The Bertz CT molecular complexity index is 783. The zero-order valence-corrected chi connectivity index (χ0v) is 17.0. The predicted octanol–water partition coefficient (Wildman–Crippen LogP) is 3.57. The molecule has 29 heavy (non-hydrogen) atoms. The van der Waals surface area contributed by atoms with Crippen LogP contribution in [0.15, 0.2) is 30.3 Å². The molecule has 0 spiro atoms. The molecule has 0 N–H and O–H groups in total. The van der Waals surface area contributed by atoms with Gasteiger partial charge in [0.15, 0.2) is 0 Å². The molecule has 1 aromatic carbocycles. The van der Waals surface area contributed by atoms with Gasteiger partial charge in [0.2, 0.25) is 5.91 Å². The zero-order chi connectivity index (χ0) is 20.5. The number of benzene rings is 1. The molecule has 1 aromatic rings. The smallest absolute Gasteiger partial charge is 0.416 e. The van der Waals surface area contributed by atoms with Gasteiger partial charge in [-0.15, -0.1) is 0 Å². The van der Waals surface area contributed by atoms with E-state index in [0.717, 1.165) is 24.8 Å². The molecule has 7 heteroatoms. The quantitative estimate of drug-likeness (QED) is 0.755. The van der Waals surface area contributed by atoms with Crippen molar-refractivity contribution in [2.75, 3.05) is 6.61 Å². The van der Waals surface area contributed by atoms with Gasteiger partial charge in [-0.25, -0.2) is 14.5 Å². The highest BCUT2D eigenvalue weighted by Crippen LogP contribution is 2.43. The molecule has 3 aliphatic rings. The highest BCUT2D eigenvalue weighted by molar-refractivity contribution is 5.95. The van der Waals surface area contributed by atoms with Crippen molar-refractivity contribution >= 4 is 18.1 Å². The third kappa shape index (κ3) is 3.58. The lowest BCUT2D eigenvalue weighted by atomic mass is 9.87. The summed E-state index contributed by atoms with van der Waals surface area (Å²) >= 11 is 0. The van der Waals surface area contributed by atoms with E-state index in [1.165, 1.54) is 4.90 Å². The minimum Gasteiger partial charge on any atom is -0.447 e. The molecule has 2 bridgehead atoms. The van der Waals surface area contributed by atoms with E-state index in [4.69, 9.17) is 9.47 Å². The summed E-state index contributed by atoms with van der Waals surface area (Å²) in [6, 6.07) is 9.11. The van der Waals surface area contributed by atoms with Crippen molar-refractivity contribution in [1.29, 1.82) is 0 Å². The molecule has 3 heterocycles. The first kappa shape index (κ1) is 19.7. The van der Waals surface area contributed by atoms with Crippen LogP contribution in [0.1, 0.15) is 45.1 Å². The first-order valence-electron chi connectivity index (χ1n) is 10.5. The molecule has 0 aromatic heterocycles. The van der Waals surface area contributed by atoms with Crippen LogP contribution in [-0.2, 0) is 20.9 Å². The SMILES string of the molecule is CC[C@H](C)[C@H]1COC(=O)N1C(=O)[C@H]1C[C@@H]2CC[C@H]1N2C(=O)OCc1ccccc1. The molecule has 3 saturated heterocycles. The number of imide groups is 1. The van der Waals surface area contributed by atoms with Crippen molar-refractivity contribution in [3.8, 4) is 0 Å². The summed E-state index contributed by atoms with van der Waals surface area (Å²) < 4.78 is 10.7. The standard InChI is InChI=1S/C22H28N2O5/c1-3-14(2)19-13-29-22(27)24(19)20(25)17-11-16-9-10-18(17)23(16)21(26)28-12-15-7-5-4-6-8-15/h4-8,14,16-19H,3,9-13H2,1-2H3/t14-,16-,17-,18+,19+/m0/s1. The number of carbonyl (C=O) groups is 3. The van der Waals surface area contributed by atoms with Crippen LogP contribution in [0.3, 0.4) is 0 Å². The van der Waals surface area contributed by atoms with Crippen molar-refractivity contribution in [2.45, 2.75) is 64.3 Å². The number of fused-ring (bicyclic) bond motifs is 2. The Morgan fingerprint density at radius 2 is 2.00 bits per heavy atom. The van der Waals surface area contributed by atoms with Gasteiger partial charge in [-0.2, -0.15) is 0 Å². The van der Waals surface area contributed by atoms with Gasteiger partial charge in [-0.3, -0.25) is 4.79 Å². The maximum absolute atomic E-state index is 13.3. The maximum Gasteiger partial charge on any atom is 0.416 e. The Labute approximate surface area is 170 Å². The monoisotopic (exact) mass is 400 g/mol. The second-order valence-corrected chi connectivity index (χ2v) is 8.33. The number of hydrogen-bond donors (Lipinski definition) is 0. The molecule has 3 fully saturated rings. The van der Waals surface area contributed by atoms with E-state index < -0.39 is 6.09 Å². The van der Waals surface area contributed by atoms with Crippen LogP contribution in [-0.4, -0.2) is 52.6 Å². The predicted molar refractivity (Wildman–Crippen MR) is 105 cm³/mol. The molecule has 0 aliphatic carbocycles. The van der Waals surface area contributed by atoms with E-state index in [-0.39, 0.29) is 55.2 Å². The Kier molecular flexibility index (Phi) is 5.48. The molecule has 3 amide bonds. The maximum atomic E-state index is 13.3. The van der Waals surface area contributed by atoms with Crippen molar-refractivity contribution in [2.24, 2.45) is 11.8 Å². The van der Waals surface area contributed by atoms with Gasteiger partial charge >= 0.3 is 12.2 Å². The summed E-state index contributed by atoms with van der Waals surface area (Å²) in [6.07, 6.45) is 2.15. The van der Waals surface area contributed by atoms with Crippen LogP contribution in [0.2, 0.25) is 0 Å². The fourth-order valence-corrected chi connectivity index (χ4v) is 4.89. The summed E-state index contributed by atoms with van der Waals surface area (Å²) in [6.45, 7) is 4.53. The van der Waals surface area contributed by atoms with Gasteiger partial charge in [0.1, 0.15) is 13.2 Å². The number of rotatable bonds is 5. The lowest BCUT2D eigenvalue weighted by molar-refractivity contribution is -0.135. The van der Waals surface area contributed by atoms with Crippen LogP contribution in [0.5, 0.6) is 0 Å². The summed E-state index contributed by atoms with van der Waals surface area (Å²) in [4.78, 5) is 41.3. The van der Waals surface area contributed by atoms with Gasteiger partial charge in [-0.05, 0) is 30.7 Å². The molecule has 0 unspecified atom stereocenters. The van der Waals surface area contributed by atoms with Crippen LogP contribution < -0.4 is 0 Å². The van der Waals surface area contributed by atoms with Crippen molar-refractivity contribution in [1.82, 2.24) is 9.80 Å². The number of carbonyl (C=O) groups excluding carboxylic acids is 3. The van der Waals surface area contributed by atoms with Crippen molar-refractivity contribution in [3.63, 3.8) is 0 Å². The van der Waals surface area contributed by atoms with E-state index in [9.17, 15) is 14.4 Å². The van der Waals surface area contributed by atoms with E-state index in [1.54, 1.807) is 4.90 Å². The molecule has 156 valence electrons. The second-order valence-electron chi connectivity index (χ2n) is 8.33. The Hall–Kier alpha value is -2.57. The van der Waals surface area contributed by atoms with E-state index in [2.05, 4.69) is 0 Å². The first-order chi connectivity index (χ1) is 14.0. The topological polar surface area (TPSA) is 76.2 Å². The first-order valence-corrected chi connectivity index (χ1v) is 10.5. The lowest BCUT2D eigenvalue weighted by Crippen LogP contribution is -2.48. The number of nitrogens with zero attached hydrogens (tertiary/aromatic N) is 2. The van der Waals surface area contributed by atoms with Gasteiger partial charge in [-0.1, -0.05) is 50.6 Å². The number of hydrogen-bond acceptors (Lipinski definition) is 5.